The van der Waals surface area contributed by atoms with Crippen molar-refractivity contribution in [1.29, 1.82) is 0 Å². The van der Waals surface area contributed by atoms with E-state index in [0.717, 1.165) is 19.4 Å². The third kappa shape index (κ3) is 2.30. The van der Waals surface area contributed by atoms with Crippen molar-refractivity contribution in [3.8, 4) is 0 Å². The lowest BCUT2D eigenvalue weighted by atomic mass is 9.84. The Hall–Kier alpha value is -1.65. The molecule has 0 bridgehead atoms. The molecule has 0 aromatic heterocycles. The van der Waals surface area contributed by atoms with E-state index in [-0.39, 0.29) is 24.1 Å². The molecule has 5 nitrogen and oxygen atoms in total. The van der Waals surface area contributed by atoms with Gasteiger partial charge in [0.2, 0.25) is 17.7 Å². The molecule has 2 saturated heterocycles. The standard InChI is InChI=1S/C13H18N2O3/c1-9-4-7-15(11(9)17)6-3-5-13(2)8-10(16)14-12(13)18/h1,3-8H2,2H3,(H,14,16,18). The molecule has 0 aliphatic carbocycles. The molecule has 0 aromatic rings. The van der Waals surface area contributed by atoms with E-state index in [9.17, 15) is 14.4 Å². The van der Waals surface area contributed by atoms with Crippen LogP contribution in [0.15, 0.2) is 12.2 Å². The van der Waals surface area contributed by atoms with Crippen molar-refractivity contribution in [2.75, 3.05) is 13.1 Å². The Balaban J connectivity index is 1.82. The number of carbonyl (C=O) groups excluding carboxylic acids is 3. The second-order valence-electron chi connectivity index (χ2n) is 5.36. The van der Waals surface area contributed by atoms with E-state index in [1.165, 1.54) is 0 Å². The van der Waals surface area contributed by atoms with Crippen LogP contribution in [0.5, 0.6) is 0 Å². The number of rotatable bonds is 4. The zero-order valence-electron chi connectivity index (χ0n) is 10.6. The number of nitrogens with zero attached hydrogens (tertiary/aromatic N) is 1. The highest BCUT2D eigenvalue weighted by atomic mass is 16.2. The minimum atomic E-state index is -0.600. The molecular formula is C13H18N2O3. The first kappa shape index (κ1) is 12.8. The fourth-order valence-electron chi connectivity index (χ4n) is 2.53. The maximum Gasteiger partial charge on any atom is 0.249 e. The lowest BCUT2D eigenvalue weighted by Gasteiger charge is -2.21. The Morgan fingerprint density at radius 1 is 1.39 bits per heavy atom. The Labute approximate surface area is 106 Å². The zero-order chi connectivity index (χ0) is 13.3. The maximum atomic E-state index is 11.6. The van der Waals surface area contributed by atoms with Crippen LogP contribution in [0.2, 0.25) is 0 Å². The van der Waals surface area contributed by atoms with Gasteiger partial charge >= 0.3 is 0 Å². The number of amides is 3. The van der Waals surface area contributed by atoms with Crippen LogP contribution in [0.4, 0.5) is 0 Å². The molecule has 2 aliphatic heterocycles. The number of hydrogen-bond donors (Lipinski definition) is 1. The second kappa shape index (κ2) is 4.55. The summed E-state index contributed by atoms with van der Waals surface area (Å²) in [6.07, 6.45) is 2.35. The van der Waals surface area contributed by atoms with Crippen LogP contribution >= 0.6 is 0 Å². The van der Waals surface area contributed by atoms with Crippen molar-refractivity contribution in [2.24, 2.45) is 5.41 Å². The van der Waals surface area contributed by atoms with Gasteiger partial charge in [0.25, 0.3) is 0 Å². The van der Waals surface area contributed by atoms with Crippen molar-refractivity contribution in [1.82, 2.24) is 10.2 Å². The van der Waals surface area contributed by atoms with Gasteiger partial charge in [-0.05, 0) is 19.3 Å². The quantitative estimate of drug-likeness (QED) is 0.587. The lowest BCUT2D eigenvalue weighted by Crippen LogP contribution is -2.31. The van der Waals surface area contributed by atoms with Crippen LogP contribution in [-0.2, 0) is 14.4 Å². The van der Waals surface area contributed by atoms with E-state index in [4.69, 9.17) is 0 Å². The highest BCUT2D eigenvalue weighted by Crippen LogP contribution is 2.32. The van der Waals surface area contributed by atoms with Gasteiger partial charge < -0.3 is 4.90 Å². The largest absolute Gasteiger partial charge is 0.339 e. The highest BCUT2D eigenvalue weighted by molar-refractivity contribution is 6.05. The van der Waals surface area contributed by atoms with Gasteiger partial charge in [-0.1, -0.05) is 13.5 Å². The number of imide groups is 1. The molecule has 2 heterocycles. The van der Waals surface area contributed by atoms with Crippen LogP contribution in [-0.4, -0.2) is 35.7 Å². The van der Waals surface area contributed by atoms with E-state index in [1.54, 1.807) is 11.8 Å². The summed E-state index contributed by atoms with van der Waals surface area (Å²) in [7, 11) is 0. The molecule has 1 N–H and O–H groups in total. The monoisotopic (exact) mass is 250 g/mol. The van der Waals surface area contributed by atoms with E-state index in [0.29, 0.717) is 18.5 Å². The van der Waals surface area contributed by atoms with E-state index < -0.39 is 5.41 Å². The molecule has 18 heavy (non-hydrogen) atoms. The molecule has 0 saturated carbocycles. The van der Waals surface area contributed by atoms with Crippen molar-refractivity contribution in [2.45, 2.75) is 32.6 Å². The number of hydrogen-bond acceptors (Lipinski definition) is 3. The third-order valence-corrected chi connectivity index (χ3v) is 3.78. The number of nitrogens with one attached hydrogen (secondary N) is 1. The smallest absolute Gasteiger partial charge is 0.249 e. The fourth-order valence-corrected chi connectivity index (χ4v) is 2.53. The summed E-state index contributed by atoms with van der Waals surface area (Å²) in [6, 6.07) is 0. The van der Waals surface area contributed by atoms with E-state index >= 15 is 0 Å². The van der Waals surface area contributed by atoms with E-state index in [1.807, 2.05) is 0 Å². The van der Waals surface area contributed by atoms with Crippen molar-refractivity contribution >= 4 is 17.7 Å². The average Bonchev–Trinajstić information content (AvgIpc) is 2.73. The van der Waals surface area contributed by atoms with Crippen LogP contribution in [0.25, 0.3) is 0 Å². The van der Waals surface area contributed by atoms with Crippen LogP contribution < -0.4 is 5.32 Å². The van der Waals surface area contributed by atoms with Gasteiger partial charge in [-0.25, -0.2) is 0 Å². The maximum absolute atomic E-state index is 11.6. The minimum Gasteiger partial charge on any atom is -0.339 e. The van der Waals surface area contributed by atoms with E-state index in [2.05, 4.69) is 11.9 Å². The summed E-state index contributed by atoms with van der Waals surface area (Å²) in [5.41, 5.74) is 0.0617. The molecule has 1 unspecified atom stereocenters. The first-order valence-electron chi connectivity index (χ1n) is 6.24. The van der Waals surface area contributed by atoms with Gasteiger partial charge in [0.05, 0.1) is 5.41 Å². The fraction of sp³-hybridized carbons (Fsp3) is 0.615. The molecule has 5 heteroatoms. The second-order valence-corrected chi connectivity index (χ2v) is 5.36. The van der Waals surface area contributed by atoms with Gasteiger partial charge in [0.15, 0.2) is 0 Å². The molecular weight excluding hydrogens is 232 g/mol. The Bertz CT molecular complexity index is 430. The van der Waals surface area contributed by atoms with Crippen molar-refractivity contribution in [3.63, 3.8) is 0 Å². The zero-order valence-corrected chi connectivity index (χ0v) is 10.6. The topological polar surface area (TPSA) is 66.5 Å². The summed E-state index contributed by atoms with van der Waals surface area (Å²) in [4.78, 5) is 36.2. The Kier molecular flexibility index (Phi) is 3.24. The average molecular weight is 250 g/mol. The molecule has 0 spiro atoms. The molecule has 2 fully saturated rings. The summed E-state index contributed by atoms with van der Waals surface area (Å²) in [5, 5.41) is 2.33. The van der Waals surface area contributed by atoms with Crippen LogP contribution in [0, 0.1) is 5.41 Å². The normalized spacial score (nSPS) is 28.2. The predicted octanol–water partition coefficient (Wildman–Crippen LogP) is 0.608. The molecule has 2 aliphatic rings. The molecule has 0 radical (unpaired) electrons. The van der Waals surface area contributed by atoms with Crippen LogP contribution in [0.3, 0.4) is 0 Å². The first-order chi connectivity index (χ1) is 8.42. The third-order valence-electron chi connectivity index (χ3n) is 3.78. The summed E-state index contributed by atoms with van der Waals surface area (Å²) < 4.78 is 0. The summed E-state index contributed by atoms with van der Waals surface area (Å²) >= 11 is 0. The molecule has 0 aromatic carbocycles. The summed E-state index contributed by atoms with van der Waals surface area (Å²) in [5.74, 6) is -0.370. The van der Waals surface area contributed by atoms with Gasteiger partial charge in [0, 0.05) is 25.1 Å². The van der Waals surface area contributed by atoms with Crippen LogP contribution in [0.1, 0.15) is 32.6 Å². The Morgan fingerprint density at radius 2 is 2.11 bits per heavy atom. The summed E-state index contributed by atoms with van der Waals surface area (Å²) in [6.45, 7) is 6.87. The number of carbonyl (C=O) groups is 3. The van der Waals surface area contributed by atoms with Gasteiger partial charge in [-0.15, -0.1) is 0 Å². The van der Waals surface area contributed by atoms with Gasteiger partial charge in [-0.3, -0.25) is 19.7 Å². The van der Waals surface area contributed by atoms with Gasteiger partial charge in [0.1, 0.15) is 0 Å². The molecule has 3 amide bonds. The SMILES string of the molecule is C=C1CCN(CCCC2(C)CC(=O)NC2=O)C1=O. The first-order valence-corrected chi connectivity index (χ1v) is 6.24. The van der Waals surface area contributed by atoms with Gasteiger partial charge in [-0.2, -0.15) is 0 Å². The predicted molar refractivity (Wildman–Crippen MR) is 65.4 cm³/mol. The van der Waals surface area contributed by atoms with Crippen molar-refractivity contribution < 1.29 is 14.4 Å². The minimum absolute atomic E-state index is 0.0205. The molecule has 2 rings (SSSR count). The molecule has 98 valence electrons. The Morgan fingerprint density at radius 3 is 2.61 bits per heavy atom. The van der Waals surface area contributed by atoms with Crippen molar-refractivity contribution in [3.05, 3.63) is 12.2 Å². The lowest BCUT2D eigenvalue weighted by molar-refractivity contribution is -0.128. The highest BCUT2D eigenvalue weighted by Gasteiger charge is 2.42. The molecule has 1 atom stereocenters. The number of likely N-dealkylation sites (tertiary alicyclic amines) is 1.